The van der Waals surface area contributed by atoms with Crippen LogP contribution in [0, 0.1) is 13.8 Å². The molecule has 9 nitrogen and oxygen atoms in total. The molecule has 2 aliphatic rings. The van der Waals surface area contributed by atoms with Crippen LogP contribution in [0.2, 0.25) is 10.0 Å². The van der Waals surface area contributed by atoms with E-state index in [4.69, 9.17) is 37.4 Å². The quantitative estimate of drug-likeness (QED) is 0.117. The molecule has 0 saturated carbocycles. The SMILES string of the molecule is CCCN1Cc2cc3c(cc2C[C@H]1C(=O)N[C@@H](Cc1ccc(-c2ccnc(C)c2C)cc1)C(=O)OC)N(C)CC[C@H](c1ccc(O[C@H](CC)c2ccc(Cl)c(Cl)c2)cc1)O3. The van der Waals surface area contributed by atoms with E-state index >= 15 is 0 Å². The fraction of sp³-hybridized carbons (Fsp3) is 0.367. The lowest BCUT2D eigenvalue weighted by Crippen LogP contribution is -2.54. The normalized spacial score (nSPS) is 17.4. The van der Waals surface area contributed by atoms with Gasteiger partial charge < -0.3 is 24.4 Å². The zero-order valence-electron chi connectivity index (χ0n) is 35.3. The minimum absolute atomic E-state index is 0.151. The summed E-state index contributed by atoms with van der Waals surface area (Å²) in [6.07, 6.45) is 4.79. The molecule has 4 aromatic carbocycles. The van der Waals surface area contributed by atoms with Crippen molar-refractivity contribution in [1.82, 2.24) is 15.2 Å². The van der Waals surface area contributed by atoms with Gasteiger partial charge in [0.2, 0.25) is 5.91 Å². The van der Waals surface area contributed by atoms with Crippen LogP contribution < -0.4 is 19.7 Å². The molecule has 1 N–H and O–H groups in total. The van der Waals surface area contributed by atoms with Crippen LogP contribution in [0.4, 0.5) is 5.69 Å². The number of pyridine rings is 1. The molecular formula is C49H54Cl2N4O5. The summed E-state index contributed by atoms with van der Waals surface area (Å²) in [5, 5.41) is 4.12. The maximum absolute atomic E-state index is 14.2. The number of nitrogens with zero attached hydrogens (tertiary/aromatic N) is 3. The number of amides is 1. The van der Waals surface area contributed by atoms with Crippen LogP contribution in [-0.4, -0.2) is 61.1 Å². The molecule has 4 atom stereocenters. The van der Waals surface area contributed by atoms with Gasteiger partial charge in [-0.05, 0) is 127 Å². The standard InChI is InChI=1S/C49H54Cl2N4O5/c1-7-22-55-29-37-28-47-43(54(5)23-20-46(60-47)34-13-16-38(17-14-34)59-45(8-2)35-15-18-40(50)41(51)25-35)26-36(37)27-44(55)48(56)53-42(49(57)58-6)24-32-9-11-33(12-10-32)39-19-21-52-31(4)30(39)3/h9-19,21,25-26,28,42,44-46H,7-8,20,22-24,27,29H2,1-6H3,(H,53,56)/t42-,44-,45+,46+/m0/s1. The number of carbonyl (C=O) groups excluding carboxylic acids is 2. The molecule has 11 heteroatoms. The number of hydrogen-bond acceptors (Lipinski definition) is 8. The maximum Gasteiger partial charge on any atom is 0.328 e. The fourth-order valence-electron chi connectivity index (χ4n) is 8.35. The second kappa shape index (κ2) is 19.1. The van der Waals surface area contributed by atoms with E-state index in [1.54, 1.807) is 6.07 Å². The molecule has 1 aromatic heterocycles. The van der Waals surface area contributed by atoms with E-state index in [9.17, 15) is 9.59 Å². The highest BCUT2D eigenvalue weighted by molar-refractivity contribution is 6.42. The van der Waals surface area contributed by atoms with Crippen LogP contribution in [0.5, 0.6) is 11.5 Å². The summed E-state index contributed by atoms with van der Waals surface area (Å²) in [5.41, 5.74) is 10.5. The average Bonchev–Trinajstić information content (AvgIpc) is 3.41. The van der Waals surface area contributed by atoms with Gasteiger partial charge in [0.25, 0.3) is 0 Å². The van der Waals surface area contributed by atoms with E-state index in [1.165, 1.54) is 7.11 Å². The van der Waals surface area contributed by atoms with Crippen molar-refractivity contribution in [3.05, 3.63) is 140 Å². The number of esters is 1. The third-order valence-corrected chi connectivity index (χ3v) is 12.6. The maximum atomic E-state index is 14.2. The van der Waals surface area contributed by atoms with Gasteiger partial charge >= 0.3 is 5.97 Å². The Morgan fingerprint density at radius 1 is 0.950 bits per heavy atom. The van der Waals surface area contributed by atoms with Crippen LogP contribution in [0.25, 0.3) is 11.1 Å². The second-order valence-corrected chi connectivity index (χ2v) is 16.7. The predicted molar refractivity (Wildman–Crippen MR) is 239 cm³/mol. The van der Waals surface area contributed by atoms with E-state index in [-0.39, 0.29) is 18.1 Å². The molecule has 0 bridgehead atoms. The highest BCUT2D eigenvalue weighted by Gasteiger charge is 2.35. The third kappa shape index (κ3) is 9.59. The number of halogens is 2. The molecule has 2 aliphatic heterocycles. The molecule has 0 spiro atoms. The number of aromatic nitrogens is 1. The summed E-state index contributed by atoms with van der Waals surface area (Å²) in [6.45, 7) is 10.4. The summed E-state index contributed by atoms with van der Waals surface area (Å²) in [6, 6.07) is 27.0. The van der Waals surface area contributed by atoms with Gasteiger partial charge in [-0.25, -0.2) is 4.79 Å². The van der Waals surface area contributed by atoms with Gasteiger partial charge in [-0.3, -0.25) is 14.7 Å². The minimum atomic E-state index is -0.831. The summed E-state index contributed by atoms with van der Waals surface area (Å²) < 4.78 is 18.4. The van der Waals surface area contributed by atoms with Gasteiger partial charge in [-0.15, -0.1) is 0 Å². The Morgan fingerprint density at radius 3 is 2.42 bits per heavy atom. The van der Waals surface area contributed by atoms with Crippen LogP contribution in [0.3, 0.4) is 0 Å². The molecule has 0 saturated heterocycles. The smallest absolute Gasteiger partial charge is 0.328 e. The first-order valence-electron chi connectivity index (χ1n) is 20.8. The van der Waals surface area contributed by atoms with Crippen molar-refractivity contribution in [2.24, 2.45) is 0 Å². The molecule has 314 valence electrons. The number of methoxy groups -OCH3 is 1. The Bertz CT molecular complexity index is 2320. The van der Waals surface area contributed by atoms with Crippen molar-refractivity contribution < 1.29 is 23.8 Å². The number of hydrogen-bond donors (Lipinski definition) is 1. The van der Waals surface area contributed by atoms with Gasteiger partial charge in [-0.2, -0.15) is 0 Å². The van der Waals surface area contributed by atoms with Crippen molar-refractivity contribution in [3.8, 4) is 22.6 Å². The number of fused-ring (bicyclic) bond motifs is 2. The number of rotatable bonds is 13. The van der Waals surface area contributed by atoms with Crippen LogP contribution in [0.1, 0.15) is 84.4 Å². The molecule has 1 amide bonds. The first kappa shape index (κ1) is 43.0. The zero-order chi connectivity index (χ0) is 42.5. The first-order chi connectivity index (χ1) is 29.0. The summed E-state index contributed by atoms with van der Waals surface area (Å²) in [7, 11) is 3.45. The van der Waals surface area contributed by atoms with Gasteiger partial charge in [0, 0.05) is 44.9 Å². The number of ether oxygens (including phenoxy) is 3. The van der Waals surface area contributed by atoms with Gasteiger partial charge in [0.1, 0.15) is 29.7 Å². The number of aryl methyl sites for hydroxylation is 1. The van der Waals surface area contributed by atoms with Gasteiger partial charge in [0.05, 0.1) is 28.9 Å². The zero-order valence-corrected chi connectivity index (χ0v) is 36.8. The van der Waals surface area contributed by atoms with Crippen LogP contribution in [0.15, 0.2) is 91.1 Å². The highest BCUT2D eigenvalue weighted by atomic mass is 35.5. The molecule has 3 heterocycles. The first-order valence-corrected chi connectivity index (χ1v) is 21.6. The Hall–Kier alpha value is -5.09. The monoisotopic (exact) mass is 848 g/mol. The lowest BCUT2D eigenvalue weighted by Gasteiger charge is -2.37. The molecular weight excluding hydrogens is 795 g/mol. The molecule has 0 unspecified atom stereocenters. The van der Waals surface area contributed by atoms with E-state index < -0.39 is 18.1 Å². The average molecular weight is 850 g/mol. The lowest BCUT2D eigenvalue weighted by atomic mass is 9.91. The number of benzene rings is 4. The van der Waals surface area contributed by atoms with E-state index in [0.29, 0.717) is 29.4 Å². The summed E-state index contributed by atoms with van der Waals surface area (Å²) >= 11 is 12.5. The van der Waals surface area contributed by atoms with Crippen molar-refractivity contribution in [2.45, 2.75) is 90.6 Å². The predicted octanol–water partition coefficient (Wildman–Crippen LogP) is 10.2. The largest absolute Gasteiger partial charge is 0.486 e. The summed E-state index contributed by atoms with van der Waals surface area (Å²) in [5.74, 6) is 0.944. The van der Waals surface area contributed by atoms with Crippen molar-refractivity contribution in [1.29, 1.82) is 0 Å². The van der Waals surface area contributed by atoms with Crippen LogP contribution >= 0.6 is 23.2 Å². The van der Waals surface area contributed by atoms with E-state index in [2.05, 4.69) is 84.3 Å². The summed E-state index contributed by atoms with van der Waals surface area (Å²) in [4.78, 5) is 36.2. The van der Waals surface area contributed by atoms with Crippen molar-refractivity contribution >= 4 is 40.8 Å². The van der Waals surface area contributed by atoms with Crippen molar-refractivity contribution in [2.75, 3.05) is 32.1 Å². The molecule has 5 aromatic rings. The molecule has 0 fully saturated rings. The fourth-order valence-corrected chi connectivity index (χ4v) is 8.65. The third-order valence-electron chi connectivity index (χ3n) is 11.9. The Kier molecular flexibility index (Phi) is 13.7. The van der Waals surface area contributed by atoms with Gasteiger partial charge in [0.15, 0.2) is 0 Å². The molecule has 7 rings (SSSR count). The lowest BCUT2D eigenvalue weighted by molar-refractivity contribution is -0.145. The van der Waals surface area contributed by atoms with E-state index in [1.807, 2.05) is 55.6 Å². The van der Waals surface area contributed by atoms with Crippen molar-refractivity contribution in [3.63, 3.8) is 0 Å². The Morgan fingerprint density at radius 2 is 1.72 bits per heavy atom. The highest BCUT2D eigenvalue weighted by Crippen LogP contribution is 2.41. The molecule has 60 heavy (non-hydrogen) atoms. The number of anilines is 1. The van der Waals surface area contributed by atoms with Crippen LogP contribution in [-0.2, 0) is 33.7 Å². The Labute approximate surface area is 364 Å². The van der Waals surface area contributed by atoms with Gasteiger partial charge in [-0.1, -0.05) is 79.5 Å². The number of nitrogens with one attached hydrogen (secondary N) is 1. The van der Waals surface area contributed by atoms with E-state index in [0.717, 1.165) is 99.7 Å². The second-order valence-electron chi connectivity index (χ2n) is 15.9. The Balaban J connectivity index is 1.05. The number of carbonyl (C=O) groups is 2. The minimum Gasteiger partial charge on any atom is -0.486 e. The molecule has 0 aliphatic carbocycles. The topological polar surface area (TPSA) is 93.2 Å². The molecule has 0 radical (unpaired) electrons.